The van der Waals surface area contributed by atoms with Gasteiger partial charge in [-0.25, -0.2) is 9.78 Å². The summed E-state index contributed by atoms with van der Waals surface area (Å²) in [6.07, 6.45) is 2.03. The average Bonchev–Trinajstić information content (AvgIpc) is 3.21. The molecule has 1 aliphatic heterocycles. The Morgan fingerprint density at radius 2 is 1.78 bits per heavy atom. The van der Waals surface area contributed by atoms with E-state index in [1.807, 2.05) is 30.3 Å². The number of amides is 3. The van der Waals surface area contributed by atoms with Crippen molar-refractivity contribution >= 4 is 29.1 Å². The molecule has 0 aliphatic carbocycles. The summed E-state index contributed by atoms with van der Waals surface area (Å²) in [6, 6.07) is 18.1. The fraction of sp³-hybridized carbons (Fsp3) is 0.208. The van der Waals surface area contributed by atoms with Gasteiger partial charge in [-0.1, -0.05) is 30.3 Å². The zero-order valence-corrected chi connectivity index (χ0v) is 17.9. The third kappa shape index (κ3) is 4.64. The first kappa shape index (κ1) is 21.2. The Bertz CT molecular complexity index is 1120. The van der Waals surface area contributed by atoms with Gasteiger partial charge >= 0.3 is 6.03 Å². The number of pyridine rings is 1. The van der Waals surface area contributed by atoms with Crippen molar-refractivity contribution in [3.05, 3.63) is 72.4 Å². The maximum absolute atomic E-state index is 12.6. The van der Waals surface area contributed by atoms with Gasteiger partial charge in [0.05, 0.1) is 14.2 Å². The molecule has 3 amide bonds. The van der Waals surface area contributed by atoms with Crippen molar-refractivity contribution in [1.29, 1.82) is 0 Å². The molecule has 164 valence electrons. The molecule has 0 bridgehead atoms. The van der Waals surface area contributed by atoms with Crippen LogP contribution in [0.5, 0.6) is 11.5 Å². The third-order valence-corrected chi connectivity index (χ3v) is 5.33. The molecule has 1 aromatic heterocycles. The minimum Gasteiger partial charge on any atom is -0.493 e. The number of carbonyl (C=O) groups is 2. The highest BCUT2D eigenvalue weighted by Gasteiger charge is 2.31. The molecule has 1 aliphatic rings. The molecule has 1 fully saturated rings. The molecule has 32 heavy (non-hydrogen) atoms. The van der Waals surface area contributed by atoms with Crippen LogP contribution in [-0.2, 0) is 4.79 Å². The maximum atomic E-state index is 12.6. The summed E-state index contributed by atoms with van der Waals surface area (Å²) in [4.78, 5) is 31.0. The Morgan fingerprint density at radius 3 is 2.53 bits per heavy atom. The third-order valence-electron chi connectivity index (χ3n) is 5.33. The van der Waals surface area contributed by atoms with Gasteiger partial charge in [-0.2, -0.15) is 0 Å². The van der Waals surface area contributed by atoms with Crippen molar-refractivity contribution in [1.82, 2.24) is 4.98 Å². The topological polar surface area (TPSA) is 92.8 Å². The first-order chi connectivity index (χ1) is 15.6. The Kier molecular flexibility index (Phi) is 6.21. The van der Waals surface area contributed by atoms with Gasteiger partial charge in [-0.05, 0) is 23.8 Å². The molecule has 2 heterocycles. The van der Waals surface area contributed by atoms with E-state index in [1.165, 1.54) is 7.11 Å². The van der Waals surface area contributed by atoms with Crippen LogP contribution >= 0.6 is 0 Å². The van der Waals surface area contributed by atoms with E-state index in [0.29, 0.717) is 41.7 Å². The molecule has 1 unspecified atom stereocenters. The highest BCUT2D eigenvalue weighted by atomic mass is 16.5. The lowest BCUT2D eigenvalue weighted by molar-refractivity contribution is -0.117. The lowest BCUT2D eigenvalue weighted by Crippen LogP contribution is -2.25. The normalized spacial score (nSPS) is 15.4. The predicted octanol–water partition coefficient (Wildman–Crippen LogP) is 4.26. The zero-order chi connectivity index (χ0) is 22.5. The van der Waals surface area contributed by atoms with Gasteiger partial charge < -0.3 is 19.7 Å². The Hall–Kier alpha value is -4.07. The summed E-state index contributed by atoms with van der Waals surface area (Å²) in [5, 5.41) is 5.44. The fourth-order valence-corrected chi connectivity index (χ4v) is 3.75. The second-order valence-electron chi connectivity index (χ2n) is 7.36. The van der Waals surface area contributed by atoms with Crippen molar-refractivity contribution < 1.29 is 19.1 Å². The Balaban J connectivity index is 1.43. The minimum absolute atomic E-state index is 0.0470. The molecule has 4 rings (SSSR count). The van der Waals surface area contributed by atoms with E-state index in [0.717, 1.165) is 5.56 Å². The number of methoxy groups -OCH3 is 2. The van der Waals surface area contributed by atoms with Crippen LogP contribution < -0.4 is 25.0 Å². The first-order valence-corrected chi connectivity index (χ1v) is 10.2. The second kappa shape index (κ2) is 9.38. The number of rotatable bonds is 6. The number of hydrogen-bond acceptors (Lipinski definition) is 5. The number of hydrogen-bond donors (Lipinski definition) is 2. The predicted molar refractivity (Wildman–Crippen MR) is 123 cm³/mol. The summed E-state index contributed by atoms with van der Waals surface area (Å²) < 4.78 is 10.5. The molecular formula is C24H24N4O4. The maximum Gasteiger partial charge on any atom is 0.324 e. The van der Waals surface area contributed by atoms with Crippen LogP contribution in [0.4, 0.5) is 22.0 Å². The monoisotopic (exact) mass is 432 g/mol. The van der Waals surface area contributed by atoms with Gasteiger partial charge in [0.15, 0.2) is 11.5 Å². The van der Waals surface area contributed by atoms with Crippen LogP contribution in [0.1, 0.15) is 17.9 Å². The number of ether oxygens (including phenoxy) is 2. The van der Waals surface area contributed by atoms with Crippen LogP contribution in [0.25, 0.3) is 0 Å². The van der Waals surface area contributed by atoms with E-state index in [-0.39, 0.29) is 11.8 Å². The second-order valence-corrected chi connectivity index (χ2v) is 7.36. The molecule has 3 aromatic rings. The molecular weight excluding hydrogens is 408 g/mol. The lowest BCUT2D eigenvalue weighted by atomic mass is 9.99. The first-order valence-electron chi connectivity index (χ1n) is 10.2. The average molecular weight is 432 g/mol. The molecule has 2 aromatic carbocycles. The van der Waals surface area contributed by atoms with Gasteiger partial charge in [-0.15, -0.1) is 0 Å². The summed E-state index contributed by atoms with van der Waals surface area (Å²) in [5.74, 6) is 1.60. The minimum atomic E-state index is -0.461. The number of carbonyl (C=O) groups excluding carboxylic acids is 2. The van der Waals surface area contributed by atoms with E-state index in [1.54, 1.807) is 48.5 Å². The molecule has 0 saturated carbocycles. The van der Waals surface area contributed by atoms with Gasteiger partial charge in [0.25, 0.3) is 0 Å². The lowest BCUT2D eigenvalue weighted by Gasteiger charge is -2.18. The number of anilines is 3. The molecule has 1 saturated heterocycles. The van der Waals surface area contributed by atoms with Gasteiger partial charge in [0.2, 0.25) is 5.91 Å². The number of benzene rings is 2. The summed E-state index contributed by atoms with van der Waals surface area (Å²) in [6.45, 7) is 0.587. The quantitative estimate of drug-likeness (QED) is 0.607. The highest BCUT2D eigenvalue weighted by molar-refractivity contribution is 6.00. The van der Waals surface area contributed by atoms with Crippen molar-refractivity contribution in [3.8, 4) is 11.5 Å². The number of nitrogens with one attached hydrogen (secondary N) is 2. The van der Waals surface area contributed by atoms with Crippen molar-refractivity contribution in [2.75, 3.05) is 36.3 Å². The van der Waals surface area contributed by atoms with Crippen LogP contribution in [0.3, 0.4) is 0 Å². The van der Waals surface area contributed by atoms with Crippen LogP contribution in [0.2, 0.25) is 0 Å². The van der Waals surface area contributed by atoms with E-state index in [9.17, 15) is 9.59 Å². The van der Waals surface area contributed by atoms with Gasteiger partial charge in [0.1, 0.15) is 5.82 Å². The molecule has 0 radical (unpaired) electrons. The number of nitrogens with zero attached hydrogens (tertiary/aromatic N) is 2. The van der Waals surface area contributed by atoms with E-state index in [2.05, 4.69) is 15.6 Å². The van der Waals surface area contributed by atoms with E-state index in [4.69, 9.17) is 9.47 Å². The summed E-state index contributed by atoms with van der Waals surface area (Å²) in [7, 11) is 3.07. The van der Waals surface area contributed by atoms with Crippen molar-refractivity contribution in [2.45, 2.75) is 12.3 Å². The molecule has 2 N–H and O–H groups in total. The van der Waals surface area contributed by atoms with Crippen LogP contribution in [0, 0.1) is 0 Å². The molecule has 1 atom stereocenters. The molecule has 0 spiro atoms. The Labute approximate surface area is 186 Å². The van der Waals surface area contributed by atoms with E-state index < -0.39 is 6.03 Å². The zero-order valence-electron chi connectivity index (χ0n) is 17.9. The smallest absolute Gasteiger partial charge is 0.324 e. The highest BCUT2D eigenvalue weighted by Crippen LogP contribution is 2.32. The van der Waals surface area contributed by atoms with Gasteiger partial charge in [-0.3, -0.25) is 10.1 Å². The van der Waals surface area contributed by atoms with Crippen molar-refractivity contribution in [2.24, 2.45) is 0 Å². The summed E-state index contributed by atoms with van der Waals surface area (Å²) >= 11 is 0. The van der Waals surface area contributed by atoms with Gasteiger partial charge in [0, 0.05) is 48.6 Å². The van der Waals surface area contributed by atoms with E-state index >= 15 is 0 Å². The number of aromatic nitrogens is 1. The number of urea groups is 1. The Morgan fingerprint density at radius 1 is 1.00 bits per heavy atom. The summed E-state index contributed by atoms with van der Waals surface area (Å²) in [5.41, 5.74) is 2.38. The fourth-order valence-electron chi connectivity index (χ4n) is 3.75. The van der Waals surface area contributed by atoms with Crippen LogP contribution in [0.15, 0.2) is 66.9 Å². The SMILES string of the molecule is COc1ccc(NC(=O)Nc2cc(N3CC(c4ccccc4)CC3=O)ccn2)cc1OC. The largest absolute Gasteiger partial charge is 0.493 e. The standard InChI is InChI=1S/C24H24N4O4/c1-31-20-9-8-18(13-21(20)32-2)26-24(30)27-22-14-19(10-11-25-22)28-15-17(12-23(28)29)16-6-4-3-5-7-16/h3-11,13-14,17H,12,15H2,1-2H3,(H2,25,26,27,30). The van der Waals surface area contributed by atoms with Crippen LogP contribution in [-0.4, -0.2) is 37.7 Å². The molecule has 8 nitrogen and oxygen atoms in total. The van der Waals surface area contributed by atoms with Crippen molar-refractivity contribution in [3.63, 3.8) is 0 Å². The molecule has 8 heteroatoms.